The molecule has 100 valence electrons. The quantitative estimate of drug-likeness (QED) is 0.824. The van der Waals surface area contributed by atoms with Crippen molar-refractivity contribution in [2.75, 3.05) is 23.7 Å². The van der Waals surface area contributed by atoms with Gasteiger partial charge in [-0.3, -0.25) is 0 Å². The Morgan fingerprint density at radius 1 is 1.28 bits per heavy atom. The van der Waals surface area contributed by atoms with E-state index >= 15 is 0 Å². The second-order valence-corrected chi connectivity index (χ2v) is 5.18. The van der Waals surface area contributed by atoms with Gasteiger partial charge in [-0.2, -0.15) is 13.2 Å². The van der Waals surface area contributed by atoms with Gasteiger partial charge >= 0.3 is 6.18 Å². The molecule has 0 unspecified atom stereocenters. The lowest BCUT2D eigenvalue weighted by atomic mass is 9.88. The van der Waals surface area contributed by atoms with Crippen molar-refractivity contribution in [3.05, 3.63) is 23.8 Å². The van der Waals surface area contributed by atoms with Crippen LogP contribution in [0, 0.1) is 11.8 Å². The first-order valence-electron chi connectivity index (χ1n) is 6.00. The molecule has 5 heteroatoms. The average molecular weight is 258 g/mol. The van der Waals surface area contributed by atoms with Crippen molar-refractivity contribution >= 4 is 11.4 Å². The Morgan fingerprint density at radius 2 is 1.89 bits per heavy atom. The fourth-order valence-corrected chi connectivity index (χ4v) is 2.15. The fourth-order valence-electron chi connectivity index (χ4n) is 2.15. The van der Waals surface area contributed by atoms with Crippen LogP contribution in [-0.2, 0) is 6.18 Å². The van der Waals surface area contributed by atoms with Crippen LogP contribution < -0.4 is 10.6 Å². The lowest BCUT2D eigenvalue weighted by Crippen LogP contribution is -2.49. The van der Waals surface area contributed by atoms with E-state index in [0.717, 1.165) is 25.2 Å². The van der Waals surface area contributed by atoms with Crippen molar-refractivity contribution in [1.82, 2.24) is 0 Å². The lowest BCUT2D eigenvalue weighted by molar-refractivity contribution is -0.137. The van der Waals surface area contributed by atoms with Crippen molar-refractivity contribution in [1.29, 1.82) is 0 Å². The van der Waals surface area contributed by atoms with Gasteiger partial charge in [0.1, 0.15) is 0 Å². The van der Waals surface area contributed by atoms with E-state index in [4.69, 9.17) is 5.73 Å². The third-order valence-corrected chi connectivity index (χ3v) is 3.55. The van der Waals surface area contributed by atoms with Crippen LogP contribution in [0.5, 0.6) is 0 Å². The van der Waals surface area contributed by atoms with E-state index < -0.39 is 11.7 Å². The number of halogens is 3. The molecule has 0 spiro atoms. The highest BCUT2D eigenvalue weighted by atomic mass is 19.4. The number of nitrogens with two attached hydrogens (primary N) is 1. The summed E-state index contributed by atoms with van der Waals surface area (Å²) in [5.74, 6) is 1.20. The highest BCUT2D eigenvalue weighted by molar-refractivity contribution is 5.69. The first kappa shape index (κ1) is 13.1. The van der Waals surface area contributed by atoms with Gasteiger partial charge < -0.3 is 10.6 Å². The molecular weight excluding hydrogens is 241 g/mol. The Morgan fingerprint density at radius 3 is 2.33 bits per heavy atom. The van der Waals surface area contributed by atoms with Crippen LogP contribution in [0.2, 0.25) is 0 Å². The molecular formula is C13H17F3N2. The van der Waals surface area contributed by atoms with Gasteiger partial charge in [-0.25, -0.2) is 0 Å². The number of hydrogen-bond acceptors (Lipinski definition) is 2. The standard InChI is InChI=1S/C13H17F3N2/c1-8(2)9-6-18(7-9)12-4-3-10(5-11(12)17)13(14,15)16/h3-5,8-9H,6-7,17H2,1-2H3. The zero-order valence-corrected chi connectivity index (χ0v) is 10.5. The predicted octanol–water partition coefficient (Wildman–Crippen LogP) is 3.38. The number of nitrogens with zero attached hydrogens (tertiary/aromatic N) is 1. The summed E-state index contributed by atoms with van der Waals surface area (Å²) in [7, 11) is 0. The van der Waals surface area contributed by atoms with E-state index in [0.29, 0.717) is 17.5 Å². The van der Waals surface area contributed by atoms with Crippen LogP contribution in [0.25, 0.3) is 0 Å². The molecule has 0 amide bonds. The molecule has 0 saturated carbocycles. The summed E-state index contributed by atoms with van der Waals surface area (Å²) in [5, 5.41) is 0. The SMILES string of the molecule is CC(C)C1CN(c2ccc(C(F)(F)F)cc2N)C1. The maximum atomic E-state index is 12.5. The van der Waals surface area contributed by atoms with Crippen molar-refractivity contribution in [2.24, 2.45) is 11.8 Å². The van der Waals surface area contributed by atoms with E-state index in [1.807, 2.05) is 4.90 Å². The highest BCUT2D eigenvalue weighted by Gasteiger charge is 2.33. The number of nitrogen functional groups attached to an aromatic ring is 1. The molecule has 0 radical (unpaired) electrons. The summed E-state index contributed by atoms with van der Waals surface area (Å²) < 4.78 is 37.5. The molecule has 1 aliphatic heterocycles. The van der Waals surface area contributed by atoms with E-state index in [1.165, 1.54) is 6.07 Å². The second-order valence-electron chi connectivity index (χ2n) is 5.18. The molecule has 1 saturated heterocycles. The minimum atomic E-state index is -4.33. The Bertz CT molecular complexity index is 434. The van der Waals surface area contributed by atoms with E-state index in [9.17, 15) is 13.2 Å². The summed E-state index contributed by atoms with van der Waals surface area (Å²) in [4.78, 5) is 2.03. The van der Waals surface area contributed by atoms with Gasteiger partial charge in [-0.15, -0.1) is 0 Å². The molecule has 0 bridgehead atoms. The van der Waals surface area contributed by atoms with Gasteiger partial charge in [0, 0.05) is 13.1 Å². The second kappa shape index (κ2) is 4.37. The molecule has 0 aliphatic carbocycles. The predicted molar refractivity (Wildman–Crippen MR) is 66.4 cm³/mol. The van der Waals surface area contributed by atoms with Crippen LogP contribution in [-0.4, -0.2) is 13.1 Å². The van der Waals surface area contributed by atoms with Crippen molar-refractivity contribution in [3.63, 3.8) is 0 Å². The molecule has 2 N–H and O–H groups in total. The molecule has 1 fully saturated rings. The van der Waals surface area contributed by atoms with Gasteiger partial charge in [-0.1, -0.05) is 13.8 Å². The largest absolute Gasteiger partial charge is 0.416 e. The van der Waals surface area contributed by atoms with Gasteiger partial charge in [0.2, 0.25) is 0 Å². The molecule has 1 aromatic carbocycles. The molecule has 2 nitrogen and oxygen atoms in total. The molecule has 0 atom stereocenters. The third-order valence-electron chi connectivity index (χ3n) is 3.55. The number of hydrogen-bond donors (Lipinski definition) is 1. The fraction of sp³-hybridized carbons (Fsp3) is 0.538. The van der Waals surface area contributed by atoms with Crippen LogP contribution in [0.4, 0.5) is 24.5 Å². The molecule has 2 rings (SSSR count). The minimum Gasteiger partial charge on any atom is -0.397 e. The van der Waals surface area contributed by atoms with Crippen LogP contribution in [0.3, 0.4) is 0 Å². The Kier molecular flexibility index (Phi) is 3.17. The monoisotopic (exact) mass is 258 g/mol. The van der Waals surface area contributed by atoms with E-state index in [-0.39, 0.29) is 5.69 Å². The number of alkyl halides is 3. The van der Waals surface area contributed by atoms with Crippen molar-refractivity contribution < 1.29 is 13.2 Å². The summed E-state index contributed by atoms with van der Waals surface area (Å²) in [6.45, 7) is 6.04. The van der Waals surface area contributed by atoms with Gasteiger partial charge in [-0.05, 0) is 30.0 Å². The first-order chi connectivity index (χ1) is 8.29. The normalized spacial score (nSPS) is 17.1. The molecule has 1 heterocycles. The smallest absolute Gasteiger partial charge is 0.397 e. The van der Waals surface area contributed by atoms with Crippen LogP contribution in [0.1, 0.15) is 19.4 Å². The molecule has 18 heavy (non-hydrogen) atoms. The zero-order valence-electron chi connectivity index (χ0n) is 10.5. The van der Waals surface area contributed by atoms with Gasteiger partial charge in [0.25, 0.3) is 0 Å². The Balaban J connectivity index is 2.13. The maximum absolute atomic E-state index is 12.5. The maximum Gasteiger partial charge on any atom is 0.416 e. The van der Waals surface area contributed by atoms with E-state index in [1.54, 1.807) is 0 Å². The molecule has 0 aromatic heterocycles. The van der Waals surface area contributed by atoms with Gasteiger partial charge in [0.05, 0.1) is 16.9 Å². The lowest BCUT2D eigenvalue weighted by Gasteiger charge is -2.43. The van der Waals surface area contributed by atoms with Crippen molar-refractivity contribution in [3.8, 4) is 0 Å². The summed E-state index contributed by atoms with van der Waals surface area (Å²) in [6.07, 6.45) is -4.33. The summed E-state index contributed by atoms with van der Waals surface area (Å²) in [6, 6.07) is 3.57. The summed E-state index contributed by atoms with van der Waals surface area (Å²) in [5.41, 5.74) is 5.93. The molecule has 1 aromatic rings. The topological polar surface area (TPSA) is 29.3 Å². The number of rotatable bonds is 2. The number of benzene rings is 1. The van der Waals surface area contributed by atoms with Gasteiger partial charge in [0.15, 0.2) is 0 Å². The van der Waals surface area contributed by atoms with Crippen LogP contribution in [0.15, 0.2) is 18.2 Å². The Hall–Kier alpha value is -1.39. The molecule has 1 aliphatic rings. The minimum absolute atomic E-state index is 0.201. The van der Waals surface area contributed by atoms with Crippen molar-refractivity contribution in [2.45, 2.75) is 20.0 Å². The summed E-state index contributed by atoms with van der Waals surface area (Å²) >= 11 is 0. The number of anilines is 2. The average Bonchev–Trinajstić information content (AvgIpc) is 2.15. The first-order valence-corrected chi connectivity index (χ1v) is 6.00. The Labute approximate surface area is 105 Å². The van der Waals surface area contributed by atoms with E-state index in [2.05, 4.69) is 13.8 Å². The zero-order chi connectivity index (χ0) is 13.5. The highest BCUT2D eigenvalue weighted by Crippen LogP contribution is 2.37. The van der Waals surface area contributed by atoms with Crippen LogP contribution >= 0.6 is 0 Å². The third kappa shape index (κ3) is 2.40.